The van der Waals surface area contributed by atoms with Crippen molar-refractivity contribution in [3.63, 3.8) is 0 Å². The summed E-state index contributed by atoms with van der Waals surface area (Å²) in [5, 5.41) is -0.329. The van der Waals surface area contributed by atoms with Crippen LogP contribution in [0.25, 0.3) is 32.2 Å². The number of halogens is 6. The number of carbonyl (C=O) groups is 1. The van der Waals surface area contributed by atoms with E-state index in [-0.39, 0.29) is 83.2 Å². The molecule has 254 valence electrons. The van der Waals surface area contributed by atoms with Gasteiger partial charge in [-0.2, -0.15) is 23.1 Å². The molecule has 3 aliphatic rings. The molecule has 0 spiro atoms. The Morgan fingerprint density at radius 2 is 1.96 bits per heavy atom. The maximum absolute atomic E-state index is 16.9. The predicted octanol–water partition coefficient (Wildman–Crippen LogP) is 5.96. The van der Waals surface area contributed by atoms with E-state index < -0.39 is 52.2 Å². The molecule has 2 N–H and O–H groups in total. The fourth-order valence-electron chi connectivity index (χ4n) is 7.40. The van der Waals surface area contributed by atoms with Crippen molar-refractivity contribution in [1.29, 1.82) is 0 Å². The Hall–Kier alpha value is -4.18. The molecule has 0 bridgehead atoms. The molecule has 4 aromatic rings. The number of ether oxygens (including phenoxy) is 1. The van der Waals surface area contributed by atoms with Gasteiger partial charge in [0.15, 0.2) is 10.9 Å². The first-order chi connectivity index (χ1) is 22.8. The number of rotatable bonds is 6. The first kappa shape index (κ1) is 32.4. The second kappa shape index (κ2) is 11.8. The van der Waals surface area contributed by atoms with Gasteiger partial charge in [0.2, 0.25) is 5.91 Å². The highest BCUT2D eigenvalue weighted by atomic mass is 32.1. The maximum atomic E-state index is 16.9. The average molecular weight is 692 g/mol. The largest absolute Gasteiger partial charge is 0.461 e. The lowest BCUT2D eigenvalue weighted by molar-refractivity contribution is -0.137. The minimum atomic E-state index is -5.06. The number of piperazine rings is 1. The van der Waals surface area contributed by atoms with Crippen LogP contribution in [0.4, 0.5) is 37.3 Å². The van der Waals surface area contributed by atoms with Crippen LogP contribution in [-0.4, -0.2) is 87.7 Å². The van der Waals surface area contributed by atoms with Crippen LogP contribution in [0.3, 0.4) is 0 Å². The summed E-state index contributed by atoms with van der Waals surface area (Å²) in [6.45, 7) is 6.83. The number of hydrogen-bond acceptors (Lipinski definition) is 9. The van der Waals surface area contributed by atoms with E-state index in [0.29, 0.717) is 13.0 Å². The zero-order valence-corrected chi connectivity index (χ0v) is 26.6. The molecule has 1 amide bonds. The van der Waals surface area contributed by atoms with Gasteiger partial charge in [-0.1, -0.05) is 17.9 Å². The van der Waals surface area contributed by atoms with Crippen molar-refractivity contribution < 1.29 is 35.9 Å². The van der Waals surface area contributed by atoms with Crippen molar-refractivity contribution in [2.24, 2.45) is 0 Å². The highest BCUT2D eigenvalue weighted by molar-refractivity contribution is 7.22. The Morgan fingerprint density at radius 1 is 1.17 bits per heavy atom. The van der Waals surface area contributed by atoms with Crippen LogP contribution in [0.15, 0.2) is 30.9 Å². The summed E-state index contributed by atoms with van der Waals surface area (Å²) in [5.74, 6) is -2.40. The summed E-state index contributed by atoms with van der Waals surface area (Å²) in [7, 11) is 0. The van der Waals surface area contributed by atoms with Gasteiger partial charge in [-0.15, -0.1) is 0 Å². The molecular formula is C32H31F6N7O2S. The average Bonchev–Trinajstić information content (AvgIpc) is 3.71. The molecule has 5 heterocycles. The number of thiazole rings is 1. The number of nitrogens with two attached hydrogens (primary N) is 1. The molecule has 0 saturated carbocycles. The molecule has 3 aliphatic heterocycles. The molecular weight excluding hydrogens is 660 g/mol. The molecule has 48 heavy (non-hydrogen) atoms. The van der Waals surface area contributed by atoms with Gasteiger partial charge in [-0.25, -0.2) is 18.2 Å². The Kier molecular flexibility index (Phi) is 7.93. The van der Waals surface area contributed by atoms with Crippen molar-refractivity contribution in [2.75, 3.05) is 50.0 Å². The van der Waals surface area contributed by atoms with Crippen molar-refractivity contribution in [2.45, 2.75) is 50.1 Å². The van der Waals surface area contributed by atoms with E-state index in [1.165, 1.54) is 6.08 Å². The predicted molar refractivity (Wildman–Crippen MR) is 170 cm³/mol. The van der Waals surface area contributed by atoms with Crippen LogP contribution in [0.1, 0.15) is 31.7 Å². The summed E-state index contributed by atoms with van der Waals surface area (Å²) < 4.78 is 96.5. The van der Waals surface area contributed by atoms with Gasteiger partial charge in [0.1, 0.15) is 29.9 Å². The third kappa shape index (κ3) is 5.38. The second-order valence-electron chi connectivity index (χ2n) is 12.6. The molecule has 16 heteroatoms. The van der Waals surface area contributed by atoms with E-state index in [1.54, 1.807) is 16.7 Å². The van der Waals surface area contributed by atoms with Crippen molar-refractivity contribution in [1.82, 2.24) is 24.8 Å². The van der Waals surface area contributed by atoms with Gasteiger partial charge >= 0.3 is 12.2 Å². The van der Waals surface area contributed by atoms with Gasteiger partial charge in [0.05, 0.1) is 21.3 Å². The molecule has 2 aromatic heterocycles. The van der Waals surface area contributed by atoms with Gasteiger partial charge in [0, 0.05) is 55.2 Å². The molecule has 3 saturated heterocycles. The first-order valence-electron chi connectivity index (χ1n) is 15.5. The summed E-state index contributed by atoms with van der Waals surface area (Å²) >= 11 is 0.735. The van der Waals surface area contributed by atoms with E-state index >= 15 is 4.39 Å². The Bertz CT molecular complexity index is 1950. The third-order valence-corrected chi connectivity index (χ3v) is 10.5. The number of alkyl halides is 4. The van der Waals surface area contributed by atoms with Crippen molar-refractivity contribution in [3.8, 4) is 17.1 Å². The van der Waals surface area contributed by atoms with Crippen LogP contribution in [-0.2, 0) is 11.0 Å². The maximum Gasteiger partial charge on any atom is 0.417 e. The number of amides is 1. The number of fused-ring (bicyclic) bond motifs is 3. The monoisotopic (exact) mass is 691 g/mol. The fourth-order valence-corrected chi connectivity index (χ4v) is 8.17. The Morgan fingerprint density at radius 3 is 2.69 bits per heavy atom. The van der Waals surface area contributed by atoms with E-state index in [0.717, 1.165) is 36.0 Å². The van der Waals surface area contributed by atoms with Crippen LogP contribution in [0, 0.1) is 11.6 Å². The number of benzene rings is 2. The van der Waals surface area contributed by atoms with Crippen LogP contribution < -0.4 is 15.4 Å². The molecule has 9 nitrogen and oxygen atoms in total. The molecule has 2 aromatic carbocycles. The SMILES string of the molecule is C=CC(=O)N1CCN(c2nc(OC[C@]34CCCN3C[C@H](F)C4)nc3c(F)c(-c4ccc(F)c5sc(N)nc45)c(C(F)(F)F)cc23)[C@@H](C)C1. The molecule has 7 rings (SSSR count). The van der Waals surface area contributed by atoms with E-state index in [1.807, 2.05) is 4.90 Å². The summed E-state index contributed by atoms with van der Waals surface area (Å²) in [6.07, 6.45) is -3.15. The topological polar surface area (TPSA) is 101 Å². The normalized spacial score (nSPS) is 23.3. The lowest BCUT2D eigenvalue weighted by atomic mass is 9.94. The minimum Gasteiger partial charge on any atom is -0.461 e. The number of aromatic nitrogens is 3. The lowest BCUT2D eigenvalue weighted by Gasteiger charge is -2.40. The molecule has 3 atom stereocenters. The highest BCUT2D eigenvalue weighted by Gasteiger charge is 2.49. The Balaban J connectivity index is 1.42. The number of carbonyl (C=O) groups excluding carboxylic acids is 1. The smallest absolute Gasteiger partial charge is 0.417 e. The quantitative estimate of drug-likeness (QED) is 0.195. The number of anilines is 2. The second-order valence-corrected chi connectivity index (χ2v) is 13.6. The third-order valence-electron chi connectivity index (χ3n) is 9.59. The van der Waals surface area contributed by atoms with Crippen LogP contribution >= 0.6 is 11.3 Å². The fraction of sp³-hybridized carbons (Fsp3) is 0.438. The minimum absolute atomic E-state index is 0.00132. The van der Waals surface area contributed by atoms with Gasteiger partial charge < -0.3 is 20.3 Å². The van der Waals surface area contributed by atoms with E-state index in [9.17, 15) is 26.7 Å². The van der Waals surface area contributed by atoms with Crippen molar-refractivity contribution in [3.05, 3.63) is 48.1 Å². The van der Waals surface area contributed by atoms with Crippen LogP contribution in [0.5, 0.6) is 6.01 Å². The van der Waals surface area contributed by atoms with E-state index in [2.05, 4.69) is 21.5 Å². The highest BCUT2D eigenvalue weighted by Crippen LogP contribution is 2.46. The van der Waals surface area contributed by atoms with Gasteiger partial charge in [-0.3, -0.25) is 9.69 Å². The lowest BCUT2D eigenvalue weighted by Crippen LogP contribution is -2.53. The number of nitrogen functional groups attached to an aromatic ring is 1. The molecule has 0 unspecified atom stereocenters. The van der Waals surface area contributed by atoms with Gasteiger partial charge in [-0.05, 0) is 50.6 Å². The summed E-state index contributed by atoms with van der Waals surface area (Å²) in [6, 6.07) is 2.02. The zero-order chi connectivity index (χ0) is 34.1. The number of nitrogens with zero attached hydrogens (tertiary/aromatic N) is 6. The zero-order valence-electron chi connectivity index (χ0n) is 25.8. The summed E-state index contributed by atoms with van der Waals surface area (Å²) in [5.41, 5.74) is 2.01. The molecule has 3 fully saturated rings. The van der Waals surface area contributed by atoms with Crippen molar-refractivity contribution >= 4 is 49.3 Å². The summed E-state index contributed by atoms with van der Waals surface area (Å²) in [4.78, 5) is 30.5. The molecule has 0 radical (unpaired) electrons. The van der Waals surface area contributed by atoms with E-state index in [4.69, 9.17) is 10.5 Å². The first-order valence-corrected chi connectivity index (χ1v) is 16.3. The van der Waals surface area contributed by atoms with Crippen LogP contribution in [0.2, 0.25) is 0 Å². The Labute approximate surface area is 275 Å². The standard InChI is InChI=1S/C32H31F6N7O2S/c1-3-22(46)43-9-10-45(16(2)13-43)28-19-11-20(32(36,37)38)23(18-5-6-21(34)27-26(18)40-29(39)48-27)24(35)25(19)41-30(42-28)47-15-31-7-4-8-44(31)14-17(33)12-31/h3,5-6,11,16-17H,1,4,7-10,12-15H2,2H3,(H2,39,40)/t16-,17+,31+/m0/s1. The van der Waals surface area contributed by atoms with Gasteiger partial charge in [0.25, 0.3) is 0 Å². The number of hydrogen-bond donors (Lipinski definition) is 1. The molecule has 0 aliphatic carbocycles.